The molecule has 0 aromatic carbocycles. The molecule has 0 N–H and O–H groups in total. The second kappa shape index (κ2) is 6.64. The van der Waals surface area contributed by atoms with Gasteiger partial charge in [0.05, 0.1) is 12.2 Å². The maximum absolute atomic E-state index is 13.4. The lowest BCUT2D eigenvalue weighted by Gasteiger charge is -2.26. The highest BCUT2D eigenvalue weighted by Crippen LogP contribution is 2.38. The molecule has 3 aromatic heterocycles. The molecule has 1 saturated heterocycles. The molecular weight excluding hydrogens is 357 g/mol. The largest absolute Gasteiger partial charge is 0.433 e. The van der Waals surface area contributed by atoms with Gasteiger partial charge in [0.1, 0.15) is 11.5 Å². The van der Waals surface area contributed by atoms with Gasteiger partial charge in [0.25, 0.3) is 0 Å². The highest BCUT2D eigenvalue weighted by molar-refractivity contribution is 5.55. The van der Waals surface area contributed by atoms with Crippen molar-refractivity contribution < 1.29 is 13.2 Å². The summed E-state index contributed by atoms with van der Waals surface area (Å²) in [6, 6.07) is 5.94. The summed E-state index contributed by atoms with van der Waals surface area (Å²) in [4.78, 5) is 14.1. The Kier molecular flexibility index (Phi) is 4.29. The Morgan fingerprint density at radius 3 is 2.70 bits per heavy atom. The maximum atomic E-state index is 13.4. The van der Waals surface area contributed by atoms with Gasteiger partial charge in [-0.05, 0) is 25.0 Å². The van der Waals surface area contributed by atoms with Crippen molar-refractivity contribution in [1.82, 2.24) is 24.7 Å². The Balaban J connectivity index is 1.79. The van der Waals surface area contributed by atoms with Crippen LogP contribution in [0.15, 0.2) is 42.9 Å². The topological polar surface area (TPSA) is 59.7 Å². The number of nitrogens with zero attached hydrogens (tertiary/aromatic N) is 6. The van der Waals surface area contributed by atoms with Gasteiger partial charge < -0.3 is 4.90 Å². The second-order valence-corrected chi connectivity index (χ2v) is 6.45. The Morgan fingerprint density at radius 1 is 1.19 bits per heavy atom. The Labute approximate surface area is 153 Å². The quantitative estimate of drug-likeness (QED) is 0.701. The molecule has 1 atom stereocenters. The number of aryl methyl sites for hydroxylation is 1. The van der Waals surface area contributed by atoms with Crippen molar-refractivity contribution in [2.45, 2.75) is 25.1 Å². The lowest BCUT2D eigenvalue weighted by molar-refractivity contribution is -0.141. The maximum Gasteiger partial charge on any atom is 0.433 e. The molecule has 1 unspecified atom stereocenters. The molecule has 27 heavy (non-hydrogen) atoms. The first-order valence-corrected chi connectivity index (χ1v) is 8.55. The van der Waals surface area contributed by atoms with Crippen LogP contribution in [0.3, 0.4) is 0 Å². The van der Waals surface area contributed by atoms with Crippen molar-refractivity contribution in [3.63, 3.8) is 0 Å². The van der Waals surface area contributed by atoms with Crippen molar-refractivity contribution >= 4 is 5.82 Å². The van der Waals surface area contributed by atoms with Gasteiger partial charge in [0.2, 0.25) is 0 Å². The summed E-state index contributed by atoms with van der Waals surface area (Å²) in [5.41, 5.74) is 0.300. The fourth-order valence-corrected chi connectivity index (χ4v) is 3.34. The van der Waals surface area contributed by atoms with E-state index in [1.54, 1.807) is 29.1 Å². The van der Waals surface area contributed by atoms with E-state index in [2.05, 4.69) is 20.1 Å². The Bertz CT molecular complexity index is 938. The van der Waals surface area contributed by atoms with Gasteiger partial charge in [-0.3, -0.25) is 9.67 Å². The van der Waals surface area contributed by atoms with Gasteiger partial charge in [-0.1, -0.05) is 6.07 Å². The zero-order valence-electron chi connectivity index (χ0n) is 14.6. The average molecular weight is 374 g/mol. The molecule has 9 heteroatoms. The summed E-state index contributed by atoms with van der Waals surface area (Å²) < 4.78 is 42.0. The SMILES string of the molecule is Cn1cc(C2CCCN2c2cc(C(F)(F)F)nc(-c3ccccn3)n2)cn1. The first-order valence-electron chi connectivity index (χ1n) is 8.55. The van der Waals surface area contributed by atoms with Crippen LogP contribution < -0.4 is 4.90 Å². The Hall–Kier alpha value is -2.97. The van der Waals surface area contributed by atoms with E-state index in [-0.39, 0.29) is 17.7 Å². The standard InChI is InChI=1S/C18H17F3N6/c1-26-11-12(10-23-26)14-6-4-8-27(14)16-9-15(18(19,20)21)24-17(25-16)13-5-2-3-7-22-13/h2-3,5,7,9-11,14H,4,6,8H2,1H3. The number of rotatable bonds is 3. The van der Waals surface area contributed by atoms with Crippen molar-refractivity contribution in [1.29, 1.82) is 0 Å². The minimum atomic E-state index is -4.56. The normalized spacial score (nSPS) is 17.5. The molecule has 6 nitrogen and oxygen atoms in total. The van der Waals surface area contributed by atoms with E-state index in [1.165, 1.54) is 6.20 Å². The Morgan fingerprint density at radius 2 is 2.04 bits per heavy atom. The summed E-state index contributed by atoms with van der Waals surface area (Å²) in [5, 5.41) is 4.18. The van der Waals surface area contributed by atoms with Gasteiger partial charge in [0.15, 0.2) is 11.5 Å². The lowest BCUT2D eigenvalue weighted by atomic mass is 10.1. The van der Waals surface area contributed by atoms with Crippen LogP contribution in [0.1, 0.15) is 30.1 Å². The molecule has 0 spiro atoms. The molecule has 140 valence electrons. The number of anilines is 1. The van der Waals surface area contributed by atoms with Gasteiger partial charge in [-0.2, -0.15) is 18.3 Å². The fourth-order valence-electron chi connectivity index (χ4n) is 3.34. The van der Waals surface area contributed by atoms with Crippen molar-refractivity contribution in [2.24, 2.45) is 7.05 Å². The number of hydrogen-bond donors (Lipinski definition) is 0. The van der Waals surface area contributed by atoms with Gasteiger partial charge in [-0.15, -0.1) is 0 Å². The number of halogens is 3. The third-order valence-corrected chi connectivity index (χ3v) is 4.55. The lowest BCUT2D eigenvalue weighted by Crippen LogP contribution is -2.25. The number of pyridine rings is 1. The smallest absolute Gasteiger partial charge is 0.349 e. The monoisotopic (exact) mass is 374 g/mol. The van der Waals surface area contributed by atoms with E-state index in [0.717, 1.165) is 24.5 Å². The second-order valence-electron chi connectivity index (χ2n) is 6.45. The van der Waals surface area contributed by atoms with E-state index in [1.807, 2.05) is 18.1 Å². The summed E-state index contributed by atoms with van der Waals surface area (Å²) in [7, 11) is 1.81. The molecule has 3 aromatic rings. The van der Waals surface area contributed by atoms with E-state index in [0.29, 0.717) is 12.2 Å². The van der Waals surface area contributed by atoms with E-state index in [4.69, 9.17) is 0 Å². The van der Waals surface area contributed by atoms with Crippen molar-refractivity contribution in [2.75, 3.05) is 11.4 Å². The molecule has 1 aliphatic rings. The van der Waals surface area contributed by atoms with Crippen molar-refractivity contribution in [3.05, 3.63) is 54.1 Å². The first kappa shape index (κ1) is 17.4. The molecule has 1 aliphatic heterocycles. The zero-order valence-corrected chi connectivity index (χ0v) is 14.6. The van der Waals surface area contributed by atoms with E-state index in [9.17, 15) is 13.2 Å². The van der Waals surface area contributed by atoms with E-state index < -0.39 is 11.9 Å². The highest BCUT2D eigenvalue weighted by atomic mass is 19.4. The highest BCUT2D eigenvalue weighted by Gasteiger charge is 2.36. The fraction of sp³-hybridized carbons (Fsp3) is 0.333. The molecular formula is C18H17F3N6. The van der Waals surface area contributed by atoms with Crippen LogP contribution >= 0.6 is 0 Å². The third-order valence-electron chi connectivity index (χ3n) is 4.55. The number of alkyl halides is 3. The summed E-state index contributed by atoms with van der Waals surface area (Å²) in [6.07, 6.45) is 2.26. The molecule has 0 radical (unpaired) electrons. The predicted molar refractivity (Wildman–Crippen MR) is 92.8 cm³/mol. The van der Waals surface area contributed by atoms with Gasteiger partial charge >= 0.3 is 6.18 Å². The molecule has 0 amide bonds. The van der Waals surface area contributed by atoms with Crippen LogP contribution in [0, 0.1) is 0 Å². The number of aromatic nitrogens is 5. The molecule has 4 rings (SSSR count). The summed E-state index contributed by atoms with van der Waals surface area (Å²) >= 11 is 0. The minimum absolute atomic E-state index is 0.0303. The first-order chi connectivity index (χ1) is 12.9. The van der Waals surface area contributed by atoms with Crippen LogP contribution in [0.25, 0.3) is 11.5 Å². The van der Waals surface area contributed by atoms with E-state index >= 15 is 0 Å². The predicted octanol–water partition coefficient (Wildman–Crippen LogP) is 3.63. The summed E-state index contributed by atoms with van der Waals surface area (Å²) in [5.74, 6) is 0.224. The van der Waals surface area contributed by atoms with Crippen LogP contribution in [-0.4, -0.2) is 31.3 Å². The molecule has 4 heterocycles. The minimum Gasteiger partial charge on any atom is -0.349 e. The van der Waals surface area contributed by atoms with Crippen LogP contribution in [0.2, 0.25) is 0 Å². The molecule has 0 bridgehead atoms. The summed E-state index contributed by atoms with van der Waals surface area (Å²) in [6.45, 7) is 0.621. The third kappa shape index (κ3) is 3.49. The molecule has 0 aliphatic carbocycles. The molecule has 0 saturated carbocycles. The van der Waals surface area contributed by atoms with Crippen LogP contribution in [-0.2, 0) is 13.2 Å². The molecule has 1 fully saturated rings. The van der Waals surface area contributed by atoms with Crippen LogP contribution in [0.4, 0.5) is 19.0 Å². The zero-order chi connectivity index (χ0) is 19.0. The number of hydrogen-bond acceptors (Lipinski definition) is 5. The van der Waals surface area contributed by atoms with Crippen molar-refractivity contribution in [3.8, 4) is 11.5 Å². The van der Waals surface area contributed by atoms with Crippen LogP contribution in [0.5, 0.6) is 0 Å². The van der Waals surface area contributed by atoms with Gasteiger partial charge in [0, 0.05) is 37.6 Å². The average Bonchev–Trinajstić information content (AvgIpc) is 3.30. The van der Waals surface area contributed by atoms with Gasteiger partial charge in [-0.25, -0.2) is 9.97 Å².